The lowest BCUT2D eigenvalue weighted by atomic mass is 10.0. The van der Waals surface area contributed by atoms with Crippen LogP contribution in [0, 0.1) is 0 Å². The molecule has 4 rings (SSSR count). The lowest BCUT2D eigenvalue weighted by Crippen LogP contribution is -2.47. The van der Waals surface area contributed by atoms with Crippen LogP contribution in [-0.2, 0) is 0 Å². The zero-order chi connectivity index (χ0) is 17.6. The fourth-order valence-electron chi connectivity index (χ4n) is 3.31. The average Bonchev–Trinajstić information content (AvgIpc) is 3.10. The third-order valence-corrected chi connectivity index (χ3v) is 5.07. The van der Waals surface area contributed by atoms with E-state index in [1.54, 1.807) is 0 Å². The van der Waals surface area contributed by atoms with Gasteiger partial charge in [-0.2, -0.15) is 0 Å². The zero-order valence-corrected chi connectivity index (χ0v) is 14.8. The first-order valence-electron chi connectivity index (χ1n) is 8.37. The molecule has 2 aliphatic rings. The number of hydrogen-bond donors (Lipinski definition) is 1. The van der Waals surface area contributed by atoms with Crippen molar-refractivity contribution < 1.29 is 14.3 Å². The van der Waals surface area contributed by atoms with Crippen LogP contribution in [0.2, 0.25) is 5.02 Å². The van der Waals surface area contributed by atoms with Gasteiger partial charge in [-0.05, 0) is 37.6 Å². The van der Waals surface area contributed by atoms with Gasteiger partial charge in [-0.1, -0.05) is 30.7 Å². The van der Waals surface area contributed by atoms with Gasteiger partial charge in [-0.15, -0.1) is 0 Å². The van der Waals surface area contributed by atoms with Crippen molar-refractivity contribution >= 4 is 23.2 Å². The maximum absolute atomic E-state index is 13.1. The van der Waals surface area contributed by atoms with Crippen molar-refractivity contribution in [3.63, 3.8) is 0 Å². The molecule has 1 amide bonds. The molecule has 0 bridgehead atoms. The number of ether oxygens (including phenoxy) is 2. The van der Waals surface area contributed by atoms with Crippen molar-refractivity contribution in [1.29, 1.82) is 0 Å². The molecule has 130 valence electrons. The van der Waals surface area contributed by atoms with Crippen LogP contribution >= 0.6 is 11.6 Å². The van der Waals surface area contributed by atoms with Crippen molar-refractivity contribution in [3.05, 3.63) is 52.5 Å². The molecule has 0 saturated heterocycles. The molecule has 2 aliphatic heterocycles. The van der Waals surface area contributed by atoms with E-state index in [-0.39, 0.29) is 24.9 Å². The van der Waals surface area contributed by atoms with Crippen LogP contribution in [0.5, 0.6) is 11.5 Å². The number of para-hydroxylation sites is 1. The van der Waals surface area contributed by atoms with Crippen LogP contribution in [0.15, 0.2) is 36.4 Å². The summed E-state index contributed by atoms with van der Waals surface area (Å²) in [7, 11) is 0. The Kier molecular flexibility index (Phi) is 3.96. The second-order valence-electron chi connectivity index (χ2n) is 6.30. The van der Waals surface area contributed by atoms with Crippen LogP contribution in [0.25, 0.3) is 0 Å². The fourth-order valence-corrected chi connectivity index (χ4v) is 3.58. The van der Waals surface area contributed by atoms with E-state index in [9.17, 15) is 4.79 Å². The third kappa shape index (κ3) is 2.59. The predicted molar refractivity (Wildman–Crippen MR) is 96.3 cm³/mol. The van der Waals surface area contributed by atoms with Gasteiger partial charge in [0.05, 0.1) is 10.6 Å². The maximum Gasteiger partial charge on any atom is 0.258 e. The average molecular weight is 359 g/mol. The first-order chi connectivity index (χ1) is 12.1. The summed E-state index contributed by atoms with van der Waals surface area (Å²) in [6.07, 6.45) is 0.536. The summed E-state index contributed by atoms with van der Waals surface area (Å²) in [6, 6.07) is 11.4. The monoisotopic (exact) mass is 358 g/mol. The molecule has 2 aromatic carbocycles. The van der Waals surface area contributed by atoms with Gasteiger partial charge in [0.1, 0.15) is 6.17 Å². The second kappa shape index (κ2) is 6.15. The summed E-state index contributed by atoms with van der Waals surface area (Å²) in [6.45, 7) is 4.28. The molecule has 2 atom stereocenters. The topological polar surface area (TPSA) is 50.8 Å². The third-order valence-electron chi connectivity index (χ3n) is 4.79. The SMILES string of the molecule is CC[C@@H](C)N1C(=O)c2ccccc2N[C@H]1c1cc(Cl)c2c(c1)OCO2. The standard InChI is InChI=1S/C19H19ClN2O3/c1-3-11(2)22-18(21-15-7-5-4-6-13(15)19(22)23)12-8-14(20)17-16(9-12)24-10-25-17/h4-9,11,18,21H,3,10H2,1-2H3/t11-,18-/m1/s1. The van der Waals surface area contributed by atoms with E-state index in [1.165, 1.54) is 0 Å². The van der Waals surface area contributed by atoms with Gasteiger partial charge in [-0.25, -0.2) is 0 Å². The van der Waals surface area contributed by atoms with Gasteiger partial charge < -0.3 is 19.7 Å². The smallest absolute Gasteiger partial charge is 0.258 e. The minimum atomic E-state index is -0.315. The summed E-state index contributed by atoms with van der Waals surface area (Å²) in [5, 5.41) is 3.97. The molecule has 0 unspecified atom stereocenters. The molecule has 0 fully saturated rings. The maximum atomic E-state index is 13.1. The number of carbonyl (C=O) groups is 1. The number of carbonyl (C=O) groups excluding carboxylic acids is 1. The van der Waals surface area contributed by atoms with Crippen molar-refractivity contribution in [1.82, 2.24) is 4.90 Å². The number of nitrogens with zero attached hydrogens (tertiary/aromatic N) is 1. The minimum absolute atomic E-state index is 0.0162. The highest BCUT2D eigenvalue weighted by Crippen LogP contribution is 2.43. The number of halogens is 1. The Morgan fingerprint density at radius 1 is 1.32 bits per heavy atom. The van der Waals surface area contributed by atoms with E-state index in [0.717, 1.165) is 17.7 Å². The quantitative estimate of drug-likeness (QED) is 0.881. The first kappa shape index (κ1) is 16.1. The Balaban J connectivity index is 1.82. The molecule has 2 heterocycles. The Bertz CT molecular complexity index is 839. The number of nitrogens with one attached hydrogen (secondary N) is 1. The summed E-state index contributed by atoms with van der Waals surface area (Å²) < 4.78 is 10.9. The highest BCUT2D eigenvalue weighted by Gasteiger charge is 2.36. The lowest BCUT2D eigenvalue weighted by molar-refractivity contribution is 0.0593. The lowest BCUT2D eigenvalue weighted by Gasteiger charge is -2.41. The van der Waals surface area contributed by atoms with E-state index in [2.05, 4.69) is 19.2 Å². The van der Waals surface area contributed by atoms with E-state index >= 15 is 0 Å². The number of benzene rings is 2. The molecular formula is C19H19ClN2O3. The number of anilines is 1. The van der Waals surface area contributed by atoms with Crippen LogP contribution in [0.4, 0.5) is 5.69 Å². The number of rotatable bonds is 3. The van der Waals surface area contributed by atoms with Gasteiger partial charge >= 0.3 is 0 Å². The molecule has 6 heteroatoms. The normalized spacial score (nSPS) is 19.4. The van der Waals surface area contributed by atoms with Crippen molar-refractivity contribution in [2.75, 3.05) is 12.1 Å². The molecule has 5 nitrogen and oxygen atoms in total. The Labute approximate surface area is 151 Å². The highest BCUT2D eigenvalue weighted by atomic mass is 35.5. The molecule has 25 heavy (non-hydrogen) atoms. The minimum Gasteiger partial charge on any atom is -0.454 e. The van der Waals surface area contributed by atoms with E-state index in [1.807, 2.05) is 41.3 Å². The fraction of sp³-hybridized carbons (Fsp3) is 0.316. The summed E-state index contributed by atoms with van der Waals surface area (Å²) in [4.78, 5) is 15.0. The molecule has 0 aromatic heterocycles. The van der Waals surface area contributed by atoms with Gasteiger partial charge in [0.15, 0.2) is 11.5 Å². The molecular weight excluding hydrogens is 340 g/mol. The number of amides is 1. The molecule has 0 aliphatic carbocycles. The van der Waals surface area contributed by atoms with Crippen molar-refractivity contribution in [3.8, 4) is 11.5 Å². The Hall–Kier alpha value is -2.40. The van der Waals surface area contributed by atoms with E-state index in [4.69, 9.17) is 21.1 Å². The van der Waals surface area contributed by atoms with Gasteiger partial charge in [0.2, 0.25) is 6.79 Å². The van der Waals surface area contributed by atoms with Crippen LogP contribution in [0.3, 0.4) is 0 Å². The summed E-state index contributed by atoms with van der Waals surface area (Å²) >= 11 is 6.36. The number of hydrogen-bond acceptors (Lipinski definition) is 4. The first-order valence-corrected chi connectivity index (χ1v) is 8.75. The number of fused-ring (bicyclic) bond motifs is 2. The van der Waals surface area contributed by atoms with Gasteiger partial charge in [0.25, 0.3) is 5.91 Å². The predicted octanol–water partition coefficient (Wildman–Crippen LogP) is 4.43. The molecule has 2 aromatic rings. The molecule has 0 spiro atoms. The molecule has 0 radical (unpaired) electrons. The van der Waals surface area contributed by atoms with Crippen LogP contribution in [-0.4, -0.2) is 23.6 Å². The van der Waals surface area contributed by atoms with E-state index in [0.29, 0.717) is 22.1 Å². The van der Waals surface area contributed by atoms with Crippen LogP contribution in [0.1, 0.15) is 42.4 Å². The molecule has 0 saturated carbocycles. The summed E-state index contributed by atoms with van der Waals surface area (Å²) in [5.41, 5.74) is 2.38. The zero-order valence-electron chi connectivity index (χ0n) is 14.1. The van der Waals surface area contributed by atoms with Crippen LogP contribution < -0.4 is 14.8 Å². The van der Waals surface area contributed by atoms with Gasteiger partial charge in [0, 0.05) is 17.3 Å². The second-order valence-corrected chi connectivity index (χ2v) is 6.71. The highest BCUT2D eigenvalue weighted by molar-refractivity contribution is 6.32. The van der Waals surface area contributed by atoms with Gasteiger partial charge in [-0.3, -0.25) is 4.79 Å². The summed E-state index contributed by atoms with van der Waals surface area (Å²) in [5.74, 6) is 1.19. The Morgan fingerprint density at radius 3 is 2.92 bits per heavy atom. The largest absolute Gasteiger partial charge is 0.454 e. The Morgan fingerprint density at radius 2 is 2.12 bits per heavy atom. The van der Waals surface area contributed by atoms with E-state index < -0.39 is 0 Å². The molecule has 1 N–H and O–H groups in total. The van der Waals surface area contributed by atoms with Crippen molar-refractivity contribution in [2.24, 2.45) is 0 Å². The van der Waals surface area contributed by atoms with Crippen molar-refractivity contribution in [2.45, 2.75) is 32.5 Å².